The molecule has 1 atom stereocenters. The molecule has 0 saturated heterocycles. The third-order valence-electron chi connectivity index (χ3n) is 3.01. The summed E-state index contributed by atoms with van der Waals surface area (Å²) in [5.74, 6) is 1.02. The normalized spacial score (nSPS) is 18.6. The highest BCUT2D eigenvalue weighted by Crippen LogP contribution is 2.38. The van der Waals surface area contributed by atoms with E-state index in [0.29, 0.717) is 0 Å². The molecule has 0 aliphatic carbocycles. The van der Waals surface area contributed by atoms with E-state index in [1.807, 2.05) is 12.1 Å². The molecule has 0 unspecified atom stereocenters. The van der Waals surface area contributed by atoms with Gasteiger partial charge in [-0.25, -0.2) is 0 Å². The fourth-order valence-corrected chi connectivity index (χ4v) is 2.63. The Labute approximate surface area is 103 Å². The van der Waals surface area contributed by atoms with E-state index in [9.17, 15) is 0 Å². The van der Waals surface area contributed by atoms with Gasteiger partial charge in [-0.2, -0.15) is 0 Å². The van der Waals surface area contributed by atoms with Crippen LogP contribution in [0.3, 0.4) is 0 Å². The third-order valence-corrected chi connectivity index (χ3v) is 3.51. The van der Waals surface area contributed by atoms with Crippen molar-refractivity contribution < 1.29 is 4.74 Å². The summed E-state index contributed by atoms with van der Waals surface area (Å²) in [6, 6.07) is 6.12. The molecule has 1 aromatic heterocycles. The lowest BCUT2D eigenvalue weighted by Gasteiger charge is -2.08. The average Bonchev–Trinajstić information content (AvgIpc) is 2.62. The SMILES string of the molecule is Cc1nc2ccc(Br)cc2c2c1C[C@@H](C)O2. The highest BCUT2D eigenvalue weighted by Gasteiger charge is 2.24. The van der Waals surface area contributed by atoms with Gasteiger partial charge in [-0.15, -0.1) is 0 Å². The molecule has 1 aliphatic rings. The first-order valence-electron chi connectivity index (χ1n) is 5.40. The Morgan fingerprint density at radius 1 is 1.44 bits per heavy atom. The molecule has 0 N–H and O–H groups in total. The number of hydrogen-bond acceptors (Lipinski definition) is 2. The van der Waals surface area contributed by atoms with Crippen LogP contribution < -0.4 is 4.74 Å². The summed E-state index contributed by atoms with van der Waals surface area (Å²) in [5.41, 5.74) is 3.36. The van der Waals surface area contributed by atoms with E-state index >= 15 is 0 Å². The molecule has 3 heteroatoms. The van der Waals surface area contributed by atoms with Gasteiger partial charge in [0.2, 0.25) is 0 Å². The summed E-state index contributed by atoms with van der Waals surface area (Å²) in [4.78, 5) is 4.62. The Morgan fingerprint density at radius 2 is 2.25 bits per heavy atom. The number of fused-ring (bicyclic) bond motifs is 3. The average molecular weight is 278 g/mol. The van der Waals surface area contributed by atoms with E-state index < -0.39 is 0 Å². The second-order valence-corrected chi connectivity index (χ2v) is 5.21. The summed E-state index contributed by atoms with van der Waals surface area (Å²) in [5, 5.41) is 1.11. The second kappa shape index (κ2) is 3.45. The second-order valence-electron chi connectivity index (χ2n) is 4.30. The van der Waals surface area contributed by atoms with Gasteiger partial charge in [-0.05, 0) is 32.0 Å². The Balaban J connectivity index is 2.38. The maximum Gasteiger partial charge on any atom is 0.134 e. The van der Waals surface area contributed by atoms with Crippen molar-refractivity contribution in [2.45, 2.75) is 26.4 Å². The number of aromatic nitrogens is 1. The van der Waals surface area contributed by atoms with Crippen LogP contribution >= 0.6 is 15.9 Å². The van der Waals surface area contributed by atoms with Crippen molar-refractivity contribution in [2.75, 3.05) is 0 Å². The summed E-state index contributed by atoms with van der Waals surface area (Å²) in [6.07, 6.45) is 1.23. The van der Waals surface area contributed by atoms with Gasteiger partial charge in [0.1, 0.15) is 11.9 Å². The Bertz CT molecular complexity index is 580. The highest BCUT2D eigenvalue weighted by molar-refractivity contribution is 9.10. The van der Waals surface area contributed by atoms with Gasteiger partial charge >= 0.3 is 0 Å². The predicted molar refractivity (Wildman–Crippen MR) is 68.0 cm³/mol. The summed E-state index contributed by atoms with van der Waals surface area (Å²) >= 11 is 3.49. The fourth-order valence-electron chi connectivity index (χ4n) is 2.27. The van der Waals surface area contributed by atoms with Gasteiger partial charge in [0, 0.05) is 27.5 Å². The van der Waals surface area contributed by atoms with Crippen LogP contribution in [-0.4, -0.2) is 11.1 Å². The van der Waals surface area contributed by atoms with Gasteiger partial charge in [0.15, 0.2) is 0 Å². The lowest BCUT2D eigenvalue weighted by atomic mass is 10.1. The molecule has 0 saturated carbocycles. The number of hydrogen-bond donors (Lipinski definition) is 0. The van der Waals surface area contributed by atoms with Crippen molar-refractivity contribution in [1.82, 2.24) is 4.98 Å². The van der Waals surface area contributed by atoms with Crippen molar-refractivity contribution in [3.63, 3.8) is 0 Å². The fraction of sp³-hybridized carbons (Fsp3) is 0.308. The molecule has 2 nitrogen and oxygen atoms in total. The first-order chi connectivity index (χ1) is 7.65. The topological polar surface area (TPSA) is 22.1 Å². The van der Waals surface area contributed by atoms with Crippen LogP contribution in [0.5, 0.6) is 5.75 Å². The predicted octanol–water partition coefficient (Wildman–Crippen LogP) is 3.63. The number of nitrogens with zero attached hydrogens (tertiary/aromatic N) is 1. The van der Waals surface area contributed by atoms with Gasteiger partial charge < -0.3 is 4.74 Å². The Kier molecular flexibility index (Phi) is 2.18. The monoisotopic (exact) mass is 277 g/mol. The lowest BCUT2D eigenvalue weighted by Crippen LogP contribution is -2.05. The molecular formula is C13H12BrNO. The Hall–Kier alpha value is -1.09. The van der Waals surface area contributed by atoms with Crippen molar-refractivity contribution in [1.29, 1.82) is 0 Å². The van der Waals surface area contributed by atoms with Crippen LogP contribution in [0, 0.1) is 6.92 Å². The minimum absolute atomic E-state index is 0.264. The van der Waals surface area contributed by atoms with E-state index in [4.69, 9.17) is 4.74 Å². The maximum absolute atomic E-state index is 5.90. The van der Waals surface area contributed by atoms with Crippen LogP contribution in [0.15, 0.2) is 22.7 Å². The number of benzene rings is 1. The third kappa shape index (κ3) is 1.42. The van der Waals surface area contributed by atoms with Gasteiger partial charge in [0.05, 0.1) is 5.52 Å². The van der Waals surface area contributed by atoms with Gasteiger partial charge in [0.25, 0.3) is 0 Å². The molecule has 0 amide bonds. The highest BCUT2D eigenvalue weighted by atomic mass is 79.9. The molecule has 1 aromatic carbocycles. The first-order valence-corrected chi connectivity index (χ1v) is 6.20. The van der Waals surface area contributed by atoms with Gasteiger partial charge in [-0.1, -0.05) is 15.9 Å². The zero-order valence-corrected chi connectivity index (χ0v) is 10.8. The molecule has 2 heterocycles. The molecule has 3 rings (SSSR count). The van der Waals surface area contributed by atoms with Crippen LogP contribution in [0.25, 0.3) is 10.9 Å². The molecular weight excluding hydrogens is 266 g/mol. The molecule has 1 aliphatic heterocycles. The number of halogens is 1. The van der Waals surface area contributed by atoms with Crippen LogP contribution in [0.1, 0.15) is 18.2 Å². The molecule has 0 bridgehead atoms. The molecule has 0 fully saturated rings. The van der Waals surface area contributed by atoms with Crippen molar-refractivity contribution in [2.24, 2.45) is 0 Å². The standard InChI is InChI=1S/C13H12BrNO/c1-7-5-10-8(2)15-12-4-3-9(14)6-11(12)13(10)16-7/h3-4,6-7H,5H2,1-2H3/t7-/m1/s1. The van der Waals surface area contributed by atoms with Crippen molar-refractivity contribution in [3.8, 4) is 5.75 Å². The zero-order chi connectivity index (χ0) is 11.3. The van der Waals surface area contributed by atoms with Crippen LogP contribution in [-0.2, 0) is 6.42 Å². The van der Waals surface area contributed by atoms with E-state index in [-0.39, 0.29) is 6.10 Å². The summed E-state index contributed by atoms with van der Waals surface area (Å²) < 4.78 is 6.96. The number of rotatable bonds is 0. The maximum atomic E-state index is 5.90. The first kappa shape index (κ1) is 10.1. The van der Waals surface area contributed by atoms with Crippen LogP contribution in [0.4, 0.5) is 0 Å². The quantitative estimate of drug-likeness (QED) is 0.734. The van der Waals surface area contributed by atoms with Crippen LogP contribution in [0.2, 0.25) is 0 Å². The minimum atomic E-state index is 0.264. The van der Waals surface area contributed by atoms with Gasteiger partial charge in [-0.3, -0.25) is 4.98 Å². The lowest BCUT2D eigenvalue weighted by molar-refractivity contribution is 0.257. The summed E-state index contributed by atoms with van der Waals surface area (Å²) in [7, 11) is 0. The number of aryl methyl sites for hydroxylation is 1. The molecule has 0 spiro atoms. The largest absolute Gasteiger partial charge is 0.489 e. The minimum Gasteiger partial charge on any atom is -0.489 e. The van der Waals surface area contributed by atoms with E-state index in [1.54, 1.807) is 0 Å². The van der Waals surface area contributed by atoms with E-state index in [2.05, 4.69) is 40.8 Å². The molecule has 2 aromatic rings. The van der Waals surface area contributed by atoms with Crippen molar-refractivity contribution in [3.05, 3.63) is 33.9 Å². The number of pyridine rings is 1. The smallest absolute Gasteiger partial charge is 0.134 e. The molecule has 16 heavy (non-hydrogen) atoms. The number of ether oxygens (including phenoxy) is 1. The molecule has 0 radical (unpaired) electrons. The van der Waals surface area contributed by atoms with Crippen molar-refractivity contribution >= 4 is 26.8 Å². The summed E-state index contributed by atoms with van der Waals surface area (Å²) in [6.45, 7) is 4.16. The zero-order valence-electron chi connectivity index (χ0n) is 9.25. The Morgan fingerprint density at radius 3 is 3.06 bits per heavy atom. The van der Waals surface area contributed by atoms with E-state index in [0.717, 1.165) is 33.2 Å². The molecule has 82 valence electrons. The van der Waals surface area contributed by atoms with E-state index in [1.165, 1.54) is 5.56 Å².